The van der Waals surface area contributed by atoms with Crippen molar-refractivity contribution >= 4 is 10.0 Å². The van der Waals surface area contributed by atoms with Gasteiger partial charge in [-0.2, -0.15) is 4.31 Å². The highest BCUT2D eigenvalue weighted by molar-refractivity contribution is 7.89. The number of hydrogen-bond acceptors (Lipinski definition) is 5. The SMILES string of the molecule is CCOc1ccc(S(=O)(=O)N2CCC(n3ccnn3)CC2)cc1C. The molecule has 0 saturated carbocycles. The number of aryl methyl sites for hydroxylation is 1. The quantitative estimate of drug-likeness (QED) is 0.824. The molecule has 1 aliphatic heterocycles. The van der Waals surface area contributed by atoms with Crippen LogP contribution in [0.3, 0.4) is 0 Å². The van der Waals surface area contributed by atoms with Gasteiger partial charge in [0.15, 0.2) is 0 Å². The molecule has 3 rings (SSSR count). The Balaban J connectivity index is 1.73. The molecule has 0 aliphatic carbocycles. The summed E-state index contributed by atoms with van der Waals surface area (Å²) in [7, 11) is -3.48. The van der Waals surface area contributed by atoms with Gasteiger partial charge in [0.05, 0.1) is 23.7 Å². The number of benzene rings is 1. The number of ether oxygens (including phenoxy) is 1. The van der Waals surface area contributed by atoms with E-state index in [1.165, 1.54) is 0 Å². The van der Waals surface area contributed by atoms with Crippen molar-refractivity contribution in [2.45, 2.75) is 37.6 Å². The summed E-state index contributed by atoms with van der Waals surface area (Å²) in [6.07, 6.45) is 4.94. The third kappa shape index (κ3) is 3.29. The van der Waals surface area contributed by atoms with Crippen molar-refractivity contribution in [1.29, 1.82) is 0 Å². The molecule has 2 aromatic rings. The summed E-state index contributed by atoms with van der Waals surface area (Å²) in [5.74, 6) is 0.723. The van der Waals surface area contributed by atoms with Gasteiger partial charge in [-0.15, -0.1) is 5.10 Å². The summed E-state index contributed by atoms with van der Waals surface area (Å²) in [6.45, 7) is 5.30. The predicted molar refractivity (Wildman–Crippen MR) is 89.4 cm³/mol. The zero-order valence-electron chi connectivity index (χ0n) is 13.9. The van der Waals surface area contributed by atoms with Crippen LogP contribution < -0.4 is 4.74 Å². The number of sulfonamides is 1. The highest BCUT2D eigenvalue weighted by atomic mass is 32.2. The van der Waals surface area contributed by atoms with Gasteiger partial charge in [-0.3, -0.25) is 0 Å². The molecule has 24 heavy (non-hydrogen) atoms. The average molecular weight is 350 g/mol. The summed E-state index contributed by atoms with van der Waals surface area (Å²) in [4.78, 5) is 0.322. The van der Waals surface area contributed by atoms with Crippen LogP contribution in [0.25, 0.3) is 0 Å². The number of rotatable bonds is 5. The molecule has 1 saturated heterocycles. The van der Waals surface area contributed by atoms with Crippen molar-refractivity contribution in [3.8, 4) is 5.75 Å². The Kier molecular flexibility index (Phi) is 4.86. The molecule has 0 N–H and O–H groups in total. The van der Waals surface area contributed by atoms with Crippen molar-refractivity contribution in [3.63, 3.8) is 0 Å². The molecular formula is C16H22N4O3S. The van der Waals surface area contributed by atoms with Crippen LogP contribution in [0, 0.1) is 6.92 Å². The monoisotopic (exact) mass is 350 g/mol. The van der Waals surface area contributed by atoms with Crippen LogP contribution in [-0.2, 0) is 10.0 Å². The van der Waals surface area contributed by atoms with Crippen LogP contribution in [0.1, 0.15) is 31.4 Å². The minimum Gasteiger partial charge on any atom is -0.494 e. The maximum Gasteiger partial charge on any atom is 0.243 e. The molecule has 1 fully saturated rings. The minimum atomic E-state index is -3.48. The minimum absolute atomic E-state index is 0.209. The van der Waals surface area contributed by atoms with Gasteiger partial charge >= 0.3 is 0 Å². The normalized spacial score (nSPS) is 17.1. The first kappa shape index (κ1) is 16.9. The van der Waals surface area contributed by atoms with Crippen LogP contribution in [0.15, 0.2) is 35.5 Å². The first-order valence-corrected chi connectivity index (χ1v) is 9.55. The van der Waals surface area contributed by atoms with E-state index in [1.54, 1.807) is 28.7 Å². The molecule has 0 amide bonds. The van der Waals surface area contributed by atoms with Gasteiger partial charge in [0, 0.05) is 19.3 Å². The highest BCUT2D eigenvalue weighted by Gasteiger charge is 2.30. The van der Waals surface area contributed by atoms with E-state index in [2.05, 4.69) is 10.3 Å². The van der Waals surface area contributed by atoms with Gasteiger partial charge in [-0.1, -0.05) is 5.21 Å². The van der Waals surface area contributed by atoms with Crippen molar-refractivity contribution in [3.05, 3.63) is 36.2 Å². The van der Waals surface area contributed by atoms with Gasteiger partial charge in [-0.25, -0.2) is 13.1 Å². The summed E-state index contributed by atoms with van der Waals surface area (Å²) in [5.41, 5.74) is 0.829. The Bertz CT molecular complexity index is 782. The lowest BCUT2D eigenvalue weighted by Gasteiger charge is -2.31. The molecule has 0 atom stereocenters. The summed E-state index contributed by atoms with van der Waals surface area (Å²) >= 11 is 0. The van der Waals surface area contributed by atoms with Crippen LogP contribution in [-0.4, -0.2) is 47.4 Å². The molecule has 130 valence electrons. The Labute approximate surface area is 142 Å². The lowest BCUT2D eigenvalue weighted by atomic mass is 10.1. The van der Waals surface area contributed by atoms with E-state index < -0.39 is 10.0 Å². The molecule has 7 nitrogen and oxygen atoms in total. The molecule has 8 heteroatoms. The van der Waals surface area contributed by atoms with Crippen molar-refractivity contribution in [2.75, 3.05) is 19.7 Å². The molecule has 0 unspecified atom stereocenters. The van der Waals surface area contributed by atoms with E-state index in [4.69, 9.17) is 4.74 Å². The molecule has 0 radical (unpaired) electrons. The Morgan fingerprint density at radius 1 is 1.29 bits per heavy atom. The fraction of sp³-hybridized carbons (Fsp3) is 0.500. The van der Waals surface area contributed by atoms with Gasteiger partial charge in [0.25, 0.3) is 0 Å². The van der Waals surface area contributed by atoms with Gasteiger partial charge < -0.3 is 4.74 Å². The second-order valence-corrected chi connectivity index (χ2v) is 7.82. The van der Waals surface area contributed by atoms with Gasteiger partial charge in [0.1, 0.15) is 5.75 Å². The van der Waals surface area contributed by atoms with E-state index in [1.807, 2.05) is 24.7 Å². The molecular weight excluding hydrogens is 328 g/mol. The Hall–Kier alpha value is -1.93. The van der Waals surface area contributed by atoms with Crippen molar-refractivity contribution in [1.82, 2.24) is 19.3 Å². The number of hydrogen-bond donors (Lipinski definition) is 0. The van der Waals surface area contributed by atoms with E-state index in [-0.39, 0.29) is 6.04 Å². The fourth-order valence-electron chi connectivity index (χ4n) is 3.01. The highest BCUT2D eigenvalue weighted by Crippen LogP contribution is 2.28. The summed E-state index contributed by atoms with van der Waals surface area (Å²) in [5, 5.41) is 7.82. The first-order chi connectivity index (χ1) is 11.5. The van der Waals surface area contributed by atoms with Crippen molar-refractivity contribution in [2.24, 2.45) is 0 Å². The second-order valence-electron chi connectivity index (χ2n) is 5.88. The van der Waals surface area contributed by atoms with Crippen LogP contribution in [0.2, 0.25) is 0 Å². The maximum absolute atomic E-state index is 12.9. The molecule has 2 heterocycles. The Morgan fingerprint density at radius 2 is 2.04 bits per heavy atom. The molecule has 0 bridgehead atoms. The smallest absolute Gasteiger partial charge is 0.243 e. The zero-order valence-corrected chi connectivity index (χ0v) is 14.7. The topological polar surface area (TPSA) is 77.3 Å². The summed E-state index contributed by atoms with van der Waals surface area (Å²) < 4.78 is 34.5. The van der Waals surface area contributed by atoms with E-state index in [0.29, 0.717) is 24.6 Å². The Morgan fingerprint density at radius 3 is 2.62 bits per heavy atom. The molecule has 0 spiro atoms. The van der Waals surface area contributed by atoms with Gasteiger partial charge in [0.2, 0.25) is 10.0 Å². The number of aromatic nitrogens is 3. The fourth-order valence-corrected chi connectivity index (χ4v) is 4.56. The van der Waals surface area contributed by atoms with E-state index >= 15 is 0 Å². The molecule has 1 aliphatic rings. The zero-order chi connectivity index (χ0) is 17.2. The van der Waals surface area contributed by atoms with Crippen LogP contribution >= 0.6 is 0 Å². The van der Waals surface area contributed by atoms with E-state index in [9.17, 15) is 8.42 Å². The predicted octanol–water partition coefficient (Wildman–Crippen LogP) is 2.01. The largest absolute Gasteiger partial charge is 0.494 e. The maximum atomic E-state index is 12.9. The third-order valence-corrected chi connectivity index (χ3v) is 6.22. The summed E-state index contributed by atoms with van der Waals surface area (Å²) in [6, 6.07) is 5.25. The van der Waals surface area contributed by atoms with Crippen molar-refractivity contribution < 1.29 is 13.2 Å². The number of piperidine rings is 1. The number of nitrogens with zero attached hydrogens (tertiary/aromatic N) is 4. The van der Waals surface area contributed by atoms with Crippen LogP contribution in [0.5, 0.6) is 5.75 Å². The molecule has 1 aromatic carbocycles. The lowest BCUT2D eigenvalue weighted by Crippen LogP contribution is -2.39. The van der Waals surface area contributed by atoms with Crippen LogP contribution in [0.4, 0.5) is 0 Å². The first-order valence-electron chi connectivity index (χ1n) is 8.11. The average Bonchev–Trinajstić information content (AvgIpc) is 3.11. The lowest BCUT2D eigenvalue weighted by molar-refractivity contribution is 0.258. The second kappa shape index (κ2) is 6.90. The standard InChI is InChI=1S/C16H22N4O3S/c1-3-23-16-5-4-15(12-13(16)2)24(21,22)19-9-6-14(7-10-19)20-11-8-17-18-20/h4-5,8,11-12,14H,3,6-7,9-10H2,1-2H3. The third-order valence-electron chi connectivity index (χ3n) is 4.32. The van der Waals surface area contributed by atoms with Gasteiger partial charge in [-0.05, 0) is 50.5 Å². The van der Waals surface area contributed by atoms with E-state index in [0.717, 1.165) is 24.2 Å². The molecule has 1 aromatic heterocycles.